The monoisotopic (exact) mass is 245 g/mol. The maximum atomic E-state index is 11.6. The predicted molar refractivity (Wildman–Crippen MR) is 66.7 cm³/mol. The van der Waals surface area contributed by atoms with Crippen LogP contribution >= 0.6 is 0 Å². The summed E-state index contributed by atoms with van der Waals surface area (Å²) in [6.07, 6.45) is 1.95. The Bertz CT molecular complexity index is 337. The molecule has 0 heterocycles. The topological polar surface area (TPSA) is 57.9 Å². The van der Waals surface area contributed by atoms with Gasteiger partial charge >= 0.3 is 0 Å². The van der Waals surface area contributed by atoms with Gasteiger partial charge in [-0.15, -0.1) is 0 Å². The molecule has 0 saturated carbocycles. The van der Waals surface area contributed by atoms with E-state index < -0.39 is 15.3 Å². The predicted octanol–water partition coefficient (Wildman–Crippen LogP) is 2.78. The minimum absolute atomic E-state index is 0.213. The van der Waals surface area contributed by atoms with Crippen LogP contribution in [0.4, 0.5) is 0 Å². The van der Waals surface area contributed by atoms with Gasteiger partial charge in [0.15, 0.2) is 0 Å². The minimum Gasteiger partial charge on any atom is -0.229 e. The number of sulfone groups is 1. The van der Waals surface area contributed by atoms with Crippen molar-refractivity contribution in [1.82, 2.24) is 0 Å². The van der Waals surface area contributed by atoms with E-state index in [1.54, 1.807) is 0 Å². The summed E-state index contributed by atoms with van der Waals surface area (Å²) in [6.45, 7) is 7.73. The van der Waals surface area contributed by atoms with Gasteiger partial charge in [-0.3, -0.25) is 0 Å². The summed E-state index contributed by atoms with van der Waals surface area (Å²) in [4.78, 5) is 0. The Kier molecular flexibility index (Phi) is 6.02. The van der Waals surface area contributed by atoms with Crippen molar-refractivity contribution < 1.29 is 8.42 Å². The van der Waals surface area contributed by atoms with Gasteiger partial charge in [-0.25, -0.2) is 8.42 Å². The van der Waals surface area contributed by atoms with Gasteiger partial charge in [-0.05, 0) is 39.0 Å². The van der Waals surface area contributed by atoms with E-state index in [0.717, 1.165) is 6.42 Å². The van der Waals surface area contributed by atoms with E-state index >= 15 is 0 Å². The Morgan fingerprint density at radius 3 is 2.25 bits per heavy atom. The largest absolute Gasteiger partial charge is 0.229 e. The van der Waals surface area contributed by atoms with E-state index in [9.17, 15) is 8.42 Å². The molecule has 0 unspecified atom stereocenters. The lowest BCUT2D eigenvalue weighted by molar-refractivity contribution is 0.445. The molecule has 4 heteroatoms. The Labute approximate surface area is 99.8 Å². The lowest BCUT2D eigenvalue weighted by Gasteiger charge is -2.14. The molecule has 3 nitrogen and oxygen atoms in total. The summed E-state index contributed by atoms with van der Waals surface area (Å²) < 4.78 is 23.3. The fraction of sp³-hybridized carbons (Fsp3) is 0.917. The van der Waals surface area contributed by atoms with Crippen molar-refractivity contribution in [2.75, 3.05) is 11.5 Å². The van der Waals surface area contributed by atoms with Gasteiger partial charge in [-0.2, -0.15) is 5.26 Å². The fourth-order valence-electron chi connectivity index (χ4n) is 1.31. The van der Waals surface area contributed by atoms with Crippen molar-refractivity contribution in [3.8, 4) is 6.07 Å². The summed E-state index contributed by atoms with van der Waals surface area (Å²) in [5.74, 6) is 0.910. The number of nitrogens with zero attached hydrogens (tertiary/aromatic N) is 1. The second-order valence-corrected chi connectivity index (χ2v) is 7.74. The van der Waals surface area contributed by atoms with Crippen molar-refractivity contribution >= 4 is 9.84 Å². The first kappa shape index (κ1) is 15.4. The SMILES string of the molecule is CC(C)CCS(=O)(=O)CCCC(C)(C)C#N. The lowest BCUT2D eigenvalue weighted by Crippen LogP contribution is -2.15. The van der Waals surface area contributed by atoms with Crippen LogP contribution in [0.5, 0.6) is 0 Å². The third-order valence-corrected chi connectivity index (χ3v) is 4.33. The number of hydrogen-bond donors (Lipinski definition) is 0. The fourth-order valence-corrected chi connectivity index (χ4v) is 2.93. The third kappa shape index (κ3) is 7.70. The average molecular weight is 245 g/mol. The Balaban J connectivity index is 3.98. The van der Waals surface area contributed by atoms with Crippen molar-refractivity contribution in [2.45, 2.75) is 47.0 Å². The van der Waals surface area contributed by atoms with Crippen LogP contribution in [0.15, 0.2) is 0 Å². The van der Waals surface area contributed by atoms with Gasteiger partial charge in [0.1, 0.15) is 9.84 Å². The molecular weight excluding hydrogens is 222 g/mol. The van der Waals surface area contributed by atoms with Crippen LogP contribution in [0.25, 0.3) is 0 Å². The highest BCUT2D eigenvalue weighted by Gasteiger charge is 2.18. The average Bonchev–Trinajstić information content (AvgIpc) is 2.14. The van der Waals surface area contributed by atoms with Crippen LogP contribution in [0, 0.1) is 22.7 Å². The van der Waals surface area contributed by atoms with Crippen molar-refractivity contribution in [2.24, 2.45) is 11.3 Å². The molecule has 94 valence electrons. The van der Waals surface area contributed by atoms with Crippen LogP contribution in [-0.2, 0) is 9.84 Å². The molecule has 0 amide bonds. The Hall–Kier alpha value is -0.560. The summed E-state index contributed by atoms with van der Waals surface area (Å²) in [6, 6.07) is 2.18. The molecule has 0 aromatic heterocycles. The highest BCUT2D eigenvalue weighted by atomic mass is 32.2. The first-order valence-corrected chi connectivity index (χ1v) is 7.62. The molecule has 0 rings (SSSR count). The zero-order valence-corrected chi connectivity index (χ0v) is 11.6. The number of rotatable bonds is 7. The normalized spacial score (nSPS) is 12.8. The highest BCUT2D eigenvalue weighted by Crippen LogP contribution is 2.21. The second-order valence-electron chi connectivity index (χ2n) is 5.43. The molecule has 0 aromatic carbocycles. The number of nitriles is 1. The zero-order chi connectivity index (χ0) is 12.8. The molecule has 0 aliphatic rings. The quantitative estimate of drug-likeness (QED) is 0.693. The first-order valence-electron chi connectivity index (χ1n) is 5.80. The molecule has 0 aromatic rings. The van der Waals surface area contributed by atoms with E-state index in [2.05, 4.69) is 6.07 Å². The summed E-state index contributed by atoms with van der Waals surface area (Å²) >= 11 is 0. The summed E-state index contributed by atoms with van der Waals surface area (Å²) in [7, 11) is -2.92. The molecule has 0 N–H and O–H groups in total. The lowest BCUT2D eigenvalue weighted by atomic mass is 9.90. The third-order valence-electron chi connectivity index (χ3n) is 2.57. The van der Waals surface area contributed by atoms with E-state index in [1.807, 2.05) is 27.7 Å². The van der Waals surface area contributed by atoms with Gasteiger partial charge in [0.2, 0.25) is 0 Å². The minimum atomic E-state index is -2.92. The van der Waals surface area contributed by atoms with Crippen LogP contribution in [0.1, 0.15) is 47.0 Å². The molecule has 0 fully saturated rings. The molecule has 0 saturated heterocycles. The molecule has 0 radical (unpaired) electrons. The Morgan fingerprint density at radius 1 is 1.25 bits per heavy atom. The van der Waals surface area contributed by atoms with Crippen molar-refractivity contribution in [1.29, 1.82) is 5.26 Å². The van der Waals surface area contributed by atoms with Gasteiger partial charge in [0.25, 0.3) is 0 Å². The maximum absolute atomic E-state index is 11.6. The van der Waals surface area contributed by atoms with Gasteiger partial charge in [0.05, 0.1) is 23.0 Å². The molecule has 0 bridgehead atoms. The van der Waals surface area contributed by atoms with Crippen molar-refractivity contribution in [3.05, 3.63) is 0 Å². The molecular formula is C12H23NO2S. The van der Waals surface area contributed by atoms with Gasteiger partial charge in [0, 0.05) is 0 Å². The molecule has 0 atom stereocenters. The van der Waals surface area contributed by atoms with E-state index in [4.69, 9.17) is 5.26 Å². The first-order chi connectivity index (χ1) is 7.18. The summed E-state index contributed by atoms with van der Waals surface area (Å²) in [5.41, 5.74) is -0.409. The van der Waals surface area contributed by atoms with Gasteiger partial charge in [-0.1, -0.05) is 13.8 Å². The van der Waals surface area contributed by atoms with Crippen molar-refractivity contribution in [3.63, 3.8) is 0 Å². The highest BCUT2D eigenvalue weighted by molar-refractivity contribution is 7.91. The van der Waals surface area contributed by atoms with E-state index in [0.29, 0.717) is 18.8 Å². The molecule has 16 heavy (non-hydrogen) atoms. The summed E-state index contributed by atoms with van der Waals surface area (Å²) in [5, 5.41) is 8.80. The molecule has 0 spiro atoms. The Morgan fingerprint density at radius 2 is 1.81 bits per heavy atom. The molecule has 0 aliphatic heterocycles. The van der Waals surface area contributed by atoms with E-state index in [1.165, 1.54) is 0 Å². The maximum Gasteiger partial charge on any atom is 0.150 e. The van der Waals surface area contributed by atoms with E-state index in [-0.39, 0.29) is 11.5 Å². The van der Waals surface area contributed by atoms with Crippen LogP contribution in [0.2, 0.25) is 0 Å². The van der Waals surface area contributed by atoms with Crippen LogP contribution in [-0.4, -0.2) is 19.9 Å². The molecule has 0 aliphatic carbocycles. The standard InChI is InChI=1S/C12H23NO2S/c1-11(2)6-9-16(14,15)8-5-7-12(3,4)10-13/h11H,5-9H2,1-4H3. The zero-order valence-electron chi connectivity index (χ0n) is 10.8. The smallest absolute Gasteiger partial charge is 0.150 e. The number of hydrogen-bond acceptors (Lipinski definition) is 3. The van der Waals surface area contributed by atoms with Gasteiger partial charge < -0.3 is 0 Å². The van der Waals surface area contributed by atoms with Crippen LogP contribution in [0.3, 0.4) is 0 Å². The van der Waals surface area contributed by atoms with Crippen LogP contribution < -0.4 is 0 Å². The second kappa shape index (κ2) is 6.24.